The van der Waals surface area contributed by atoms with Crippen LogP contribution in [0.3, 0.4) is 0 Å². The van der Waals surface area contributed by atoms with Crippen molar-refractivity contribution in [3.8, 4) is 0 Å². The Labute approximate surface area is 120 Å². The molecule has 1 saturated heterocycles. The topological polar surface area (TPSA) is 113 Å². The molecule has 2 amide bonds. The number of nitrogens with zero attached hydrogens (tertiary/aromatic N) is 1. The smallest absolute Gasteiger partial charge is 0.294 e. The minimum Gasteiger partial charge on any atom is -0.374 e. The standard InChI is InChI=1S/C13H14N4O4/c18-12-2-1-7-3-10(15-8-4-13(19)14-6-8)11(17(20)21)5-9(7)16-12/h3,5,8,15H,1-2,4,6H2,(H,14,19)(H,16,18). The molecule has 0 aliphatic carbocycles. The second-order valence-electron chi connectivity index (χ2n) is 5.18. The number of anilines is 2. The van der Waals surface area contributed by atoms with E-state index in [1.807, 2.05) is 0 Å². The highest BCUT2D eigenvalue weighted by Crippen LogP contribution is 2.34. The van der Waals surface area contributed by atoms with Crippen LogP contribution in [-0.4, -0.2) is 29.3 Å². The van der Waals surface area contributed by atoms with Crippen LogP contribution in [-0.2, 0) is 16.0 Å². The highest BCUT2D eigenvalue weighted by molar-refractivity contribution is 5.95. The zero-order valence-electron chi connectivity index (χ0n) is 11.1. The van der Waals surface area contributed by atoms with Crippen LogP contribution in [0, 0.1) is 10.1 Å². The van der Waals surface area contributed by atoms with Gasteiger partial charge in [0.2, 0.25) is 11.8 Å². The lowest BCUT2D eigenvalue weighted by Crippen LogP contribution is -2.24. The molecule has 1 fully saturated rings. The van der Waals surface area contributed by atoms with E-state index in [1.54, 1.807) is 6.07 Å². The summed E-state index contributed by atoms with van der Waals surface area (Å²) in [6, 6.07) is 2.90. The van der Waals surface area contributed by atoms with Gasteiger partial charge >= 0.3 is 0 Å². The molecule has 3 N–H and O–H groups in total. The molecule has 2 aliphatic heterocycles. The maximum absolute atomic E-state index is 11.4. The van der Waals surface area contributed by atoms with E-state index in [1.165, 1.54) is 6.07 Å². The Kier molecular flexibility index (Phi) is 3.20. The highest BCUT2D eigenvalue weighted by atomic mass is 16.6. The molecule has 0 radical (unpaired) electrons. The van der Waals surface area contributed by atoms with Gasteiger partial charge in [-0.25, -0.2) is 0 Å². The van der Waals surface area contributed by atoms with E-state index in [9.17, 15) is 19.7 Å². The van der Waals surface area contributed by atoms with Crippen LogP contribution in [0.2, 0.25) is 0 Å². The zero-order valence-corrected chi connectivity index (χ0v) is 11.1. The number of hydrogen-bond donors (Lipinski definition) is 3. The van der Waals surface area contributed by atoms with Crippen LogP contribution in [0.5, 0.6) is 0 Å². The van der Waals surface area contributed by atoms with Crippen LogP contribution in [0.1, 0.15) is 18.4 Å². The summed E-state index contributed by atoms with van der Waals surface area (Å²) in [6.45, 7) is 0.448. The Morgan fingerprint density at radius 1 is 1.24 bits per heavy atom. The Hall–Kier alpha value is -2.64. The van der Waals surface area contributed by atoms with Gasteiger partial charge in [0, 0.05) is 25.5 Å². The van der Waals surface area contributed by atoms with E-state index in [-0.39, 0.29) is 23.5 Å². The molecule has 1 unspecified atom stereocenters. The summed E-state index contributed by atoms with van der Waals surface area (Å²) in [5.74, 6) is -0.205. The second-order valence-corrected chi connectivity index (χ2v) is 5.18. The van der Waals surface area contributed by atoms with Crippen LogP contribution in [0.15, 0.2) is 12.1 Å². The summed E-state index contributed by atoms with van der Waals surface area (Å²) in [5.41, 5.74) is 1.64. The highest BCUT2D eigenvalue weighted by Gasteiger charge is 2.26. The van der Waals surface area contributed by atoms with E-state index in [0.717, 1.165) is 5.56 Å². The number of carbonyl (C=O) groups is 2. The van der Waals surface area contributed by atoms with Gasteiger partial charge in [-0.1, -0.05) is 0 Å². The molecule has 1 aromatic rings. The number of benzene rings is 1. The predicted molar refractivity (Wildman–Crippen MR) is 75.1 cm³/mol. The summed E-state index contributed by atoms with van der Waals surface area (Å²) in [4.78, 5) is 33.3. The van der Waals surface area contributed by atoms with E-state index < -0.39 is 4.92 Å². The Morgan fingerprint density at radius 3 is 2.71 bits per heavy atom. The van der Waals surface area contributed by atoms with Gasteiger partial charge in [0.05, 0.1) is 16.7 Å². The number of nitro groups is 1. The van der Waals surface area contributed by atoms with Crippen molar-refractivity contribution in [3.05, 3.63) is 27.8 Å². The average Bonchev–Trinajstić information content (AvgIpc) is 2.83. The van der Waals surface area contributed by atoms with Crippen molar-refractivity contribution in [1.29, 1.82) is 0 Å². The van der Waals surface area contributed by atoms with Crippen molar-refractivity contribution < 1.29 is 14.5 Å². The molecule has 8 nitrogen and oxygen atoms in total. The lowest BCUT2D eigenvalue weighted by atomic mass is 10.0. The first-order chi connectivity index (χ1) is 10.0. The third-order valence-electron chi connectivity index (χ3n) is 3.65. The van der Waals surface area contributed by atoms with Gasteiger partial charge in [-0.3, -0.25) is 19.7 Å². The maximum Gasteiger partial charge on any atom is 0.294 e. The molecule has 0 aromatic heterocycles. The van der Waals surface area contributed by atoms with Gasteiger partial charge in [0.1, 0.15) is 5.69 Å². The number of rotatable bonds is 3. The van der Waals surface area contributed by atoms with Crippen molar-refractivity contribution >= 4 is 28.9 Å². The van der Waals surface area contributed by atoms with Crippen LogP contribution in [0.4, 0.5) is 17.1 Å². The summed E-state index contributed by atoms with van der Waals surface area (Å²) < 4.78 is 0. The summed E-state index contributed by atoms with van der Waals surface area (Å²) in [6.07, 6.45) is 1.22. The fourth-order valence-electron chi connectivity index (χ4n) is 2.61. The summed E-state index contributed by atoms with van der Waals surface area (Å²) in [7, 11) is 0. The van der Waals surface area contributed by atoms with Crippen molar-refractivity contribution in [1.82, 2.24) is 5.32 Å². The lowest BCUT2D eigenvalue weighted by Gasteiger charge is -2.19. The molecule has 2 heterocycles. The number of fused-ring (bicyclic) bond motifs is 1. The van der Waals surface area contributed by atoms with Gasteiger partial charge < -0.3 is 16.0 Å². The maximum atomic E-state index is 11.4. The average molecular weight is 290 g/mol. The minimum absolute atomic E-state index is 0.0691. The van der Waals surface area contributed by atoms with Gasteiger partial charge in [-0.15, -0.1) is 0 Å². The number of carbonyl (C=O) groups excluding carboxylic acids is 2. The largest absolute Gasteiger partial charge is 0.374 e. The molecule has 1 atom stereocenters. The summed E-state index contributed by atoms with van der Waals surface area (Å²) in [5, 5.41) is 19.6. The fourth-order valence-corrected chi connectivity index (χ4v) is 2.61. The molecule has 0 spiro atoms. The van der Waals surface area contributed by atoms with Crippen molar-refractivity contribution in [3.63, 3.8) is 0 Å². The Morgan fingerprint density at radius 2 is 2.05 bits per heavy atom. The number of amides is 2. The number of nitrogens with one attached hydrogen (secondary N) is 3. The molecule has 2 aliphatic rings. The molecular weight excluding hydrogens is 276 g/mol. The SMILES string of the molecule is O=C1CC(Nc2cc3c(cc2[N+](=O)[O-])NC(=O)CC3)CN1. The van der Waals surface area contributed by atoms with Crippen molar-refractivity contribution in [2.75, 3.05) is 17.2 Å². The Bertz CT molecular complexity index is 643. The van der Waals surface area contributed by atoms with Gasteiger partial charge in [-0.05, 0) is 18.1 Å². The third kappa shape index (κ3) is 2.64. The molecular formula is C13H14N4O4. The van der Waals surface area contributed by atoms with Crippen LogP contribution < -0.4 is 16.0 Å². The molecule has 0 saturated carbocycles. The van der Waals surface area contributed by atoms with Crippen LogP contribution >= 0.6 is 0 Å². The van der Waals surface area contributed by atoms with Gasteiger partial charge in [0.15, 0.2) is 0 Å². The molecule has 1 aromatic carbocycles. The molecule has 21 heavy (non-hydrogen) atoms. The first-order valence-corrected chi connectivity index (χ1v) is 6.67. The zero-order chi connectivity index (χ0) is 15.0. The van der Waals surface area contributed by atoms with Crippen LogP contribution in [0.25, 0.3) is 0 Å². The number of nitro benzene ring substituents is 1. The van der Waals surface area contributed by atoms with Crippen molar-refractivity contribution in [2.24, 2.45) is 0 Å². The predicted octanol–water partition coefficient (Wildman–Crippen LogP) is 0.780. The quantitative estimate of drug-likeness (QED) is 0.562. The monoisotopic (exact) mass is 290 g/mol. The van der Waals surface area contributed by atoms with E-state index in [4.69, 9.17) is 0 Å². The Balaban J connectivity index is 1.93. The number of hydrogen-bond acceptors (Lipinski definition) is 5. The van der Waals surface area contributed by atoms with E-state index >= 15 is 0 Å². The van der Waals surface area contributed by atoms with Crippen molar-refractivity contribution in [2.45, 2.75) is 25.3 Å². The molecule has 3 rings (SSSR count). The molecule has 110 valence electrons. The first kappa shape index (κ1) is 13.3. The first-order valence-electron chi connectivity index (χ1n) is 6.67. The normalized spacial score (nSPS) is 20.5. The van der Waals surface area contributed by atoms with Gasteiger partial charge in [0.25, 0.3) is 5.69 Å². The third-order valence-corrected chi connectivity index (χ3v) is 3.65. The van der Waals surface area contributed by atoms with E-state index in [2.05, 4.69) is 16.0 Å². The minimum atomic E-state index is -0.492. The number of aryl methyl sites for hydroxylation is 1. The van der Waals surface area contributed by atoms with Gasteiger partial charge in [-0.2, -0.15) is 0 Å². The fraction of sp³-hybridized carbons (Fsp3) is 0.385. The lowest BCUT2D eigenvalue weighted by molar-refractivity contribution is -0.383. The molecule has 0 bridgehead atoms. The summed E-state index contributed by atoms with van der Waals surface area (Å²) >= 11 is 0. The van der Waals surface area contributed by atoms with E-state index in [0.29, 0.717) is 37.2 Å². The molecule has 8 heteroatoms. The second kappa shape index (κ2) is 5.04.